The lowest BCUT2D eigenvalue weighted by Crippen LogP contribution is -2.15. The van der Waals surface area contributed by atoms with E-state index < -0.39 is 5.91 Å². The maximum atomic E-state index is 11.4. The fraction of sp³-hybridized carbons (Fsp3) is 0.231. The van der Waals surface area contributed by atoms with E-state index in [2.05, 4.69) is 4.98 Å². The van der Waals surface area contributed by atoms with Crippen LogP contribution in [-0.2, 0) is 0 Å². The third-order valence-corrected chi connectivity index (χ3v) is 3.82. The minimum Gasteiger partial charge on any atom is -0.506 e. The molecule has 2 aromatic rings. The number of pyridine rings is 1. The molecule has 2 heterocycles. The topological polar surface area (TPSA) is 76.2 Å². The summed E-state index contributed by atoms with van der Waals surface area (Å²) in [6.45, 7) is 5.45. The Kier molecular flexibility index (Phi) is 3.09. The van der Waals surface area contributed by atoms with Gasteiger partial charge >= 0.3 is 0 Å². The first-order valence-corrected chi connectivity index (χ1v) is 6.35. The summed E-state index contributed by atoms with van der Waals surface area (Å²) in [5.41, 5.74) is 8.22. The molecule has 3 N–H and O–H groups in total. The molecule has 4 nitrogen and oxygen atoms in total. The van der Waals surface area contributed by atoms with E-state index in [1.54, 1.807) is 6.92 Å². The maximum Gasteiger partial charge on any atom is 0.254 e. The molecule has 0 aromatic carbocycles. The van der Waals surface area contributed by atoms with Crippen molar-refractivity contribution in [2.75, 3.05) is 0 Å². The lowest BCUT2D eigenvalue weighted by atomic mass is 10.0. The Bertz CT molecular complexity index is 632. The Morgan fingerprint density at radius 1 is 1.33 bits per heavy atom. The lowest BCUT2D eigenvalue weighted by molar-refractivity contribution is 0.0997. The van der Waals surface area contributed by atoms with Gasteiger partial charge in [-0.3, -0.25) is 9.78 Å². The summed E-state index contributed by atoms with van der Waals surface area (Å²) >= 11 is 1.51. The van der Waals surface area contributed by atoms with E-state index >= 15 is 0 Å². The number of aromatic hydroxyl groups is 1. The van der Waals surface area contributed by atoms with E-state index in [4.69, 9.17) is 5.73 Å². The third-order valence-electron chi connectivity index (χ3n) is 2.76. The number of carbonyl (C=O) groups is 1. The van der Waals surface area contributed by atoms with Crippen LogP contribution in [0.25, 0.3) is 10.4 Å². The van der Waals surface area contributed by atoms with Crippen molar-refractivity contribution in [2.24, 2.45) is 5.73 Å². The molecule has 0 saturated heterocycles. The lowest BCUT2D eigenvalue weighted by Gasteiger charge is -2.11. The van der Waals surface area contributed by atoms with Crippen LogP contribution in [0.15, 0.2) is 11.4 Å². The van der Waals surface area contributed by atoms with Gasteiger partial charge in [0.25, 0.3) is 5.91 Å². The van der Waals surface area contributed by atoms with Crippen LogP contribution in [0.4, 0.5) is 0 Å². The second kappa shape index (κ2) is 4.42. The van der Waals surface area contributed by atoms with E-state index in [0.29, 0.717) is 17.0 Å². The molecule has 0 unspecified atom stereocenters. The SMILES string of the molecule is Cc1csc(-c2c(C)nc(C)c(C(N)=O)c2O)c1. The molecule has 5 heteroatoms. The Balaban J connectivity index is 2.75. The first kappa shape index (κ1) is 12.6. The molecule has 1 amide bonds. The monoisotopic (exact) mass is 262 g/mol. The van der Waals surface area contributed by atoms with E-state index in [9.17, 15) is 9.90 Å². The van der Waals surface area contributed by atoms with Crippen molar-refractivity contribution in [1.29, 1.82) is 0 Å². The Labute approximate surface area is 109 Å². The number of nitrogens with zero attached hydrogens (tertiary/aromatic N) is 1. The van der Waals surface area contributed by atoms with Gasteiger partial charge < -0.3 is 10.8 Å². The summed E-state index contributed by atoms with van der Waals surface area (Å²) in [6.07, 6.45) is 0. The van der Waals surface area contributed by atoms with Crippen LogP contribution in [0.5, 0.6) is 5.75 Å². The van der Waals surface area contributed by atoms with Gasteiger partial charge in [-0.2, -0.15) is 0 Å². The number of thiophene rings is 1. The van der Waals surface area contributed by atoms with Crippen LogP contribution in [0, 0.1) is 20.8 Å². The molecule has 2 rings (SSSR count). The van der Waals surface area contributed by atoms with Gasteiger partial charge in [0.2, 0.25) is 0 Å². The molecule has 94 valence electrons. The highest BCUT2D eigenvalue weighted by Crippen LogP contribution is 2.38. The molecule has 0 aliphatic heterocycles. The van der Waals surface area contributed by atoms with Gasteiger partial charge in [0, 0.05) is 10.6 Å². The summed E-state index contributed by atoms with van der Waals surface area (Å²) in [5, 5.41) is 12.2. The van der Waals surface area contributed by atoms with E-state index in [1.165, 1.54) is 11.3 Å². The molecule has 0 atom stereocenters. The highest BCUT2D eigenvalue weighted by molar-refractivity contribution is 7.13. The first-order chi connectivity index (χ1) is 8.41. The summed E-state index contributed by atoms with van der Waals surface area (Å²) in [4.78, 5) is 16.5. The van der Waals surface area contributed by atoms with Crippen molar-refractivity contribution in [1.82, 2.24) is 4.98 Å². The minimum atomic E-state index is -0.660. The van der Waals surface area contributed by atoms with Crippen LogP contribution in [0.2, 0.25) is 0 Å². The van der Waals surface area contributed by atoms with Gasteiger partial charge in [-0.15, -0.1) is 11.3 Å². The normalized spacial score (nSPS) is 10.6. The smallest absolute Gasteiger partial charge is 0.254 e. The number of nitrogens with two attached hydrogens (primary N) is 1. The van der Waals surface area contributed by atoms with Crippen LogP contribution in [0.1, 0.15) is 27.3 Å². The number of hydrogen-bond acceptors (Lipinski definition) is 4. The Morgan fingerprint density at radius 3 is 2.50 bits per heavy atom. The molecule has 0 spiro atoms. The van der Waals surface area contributed by atoms with Gasteiger partial charge in [0.15, 0.2) is 0 Å². The number of amides is 1. The van der Waals surface area contributed by atoms with E-state index in [1.807, 2.05) is 25.3 Å². The average molecular weight is 262 g/mol. The Morgan fingerprint density at radius 2 is 2.00 bits per heavy atom. The second-order valence-corrected chi connectivity index (χ2v) is 5.15. The van der Waals surface area contributed by atoms with E-state index in [-0.39, 0.29) is 11.3 Å². The van der Waals surface area contributed by atoms with Gasteiger partial charge in [0.05, 0.1) is 11.3 Å². The quantitative estimate of drug-likeness (QED) is 0.873. The van der Waals surface area contributed by atoms with Crippen molar-refractivity contribution in [3.05, 3.63) is 34.0 Å². The molecule has 18 heavy (non-hydrogen) atoms. The molecular weight excluding hydrogens is 248 g/mol. The Hall–Kier alpha value is -1.88. The summed E-state index contributed by atoms with van der Waals surface area (Å²) in [5.74, 6) is -0.735. The summed E-state index contributed by atoms with van der Waals surface area (Å²) in [6, 6.07) is 1.95. The van der Waals surface area contributed by atoms with Gasteiger partial charge in [-0.25, -0.2) is 0 Å². The fourth-order valence-corrected chi connectivity index (χ4v) is 2.98. The molecular formula is C13H14N2O2S. The zero-order valence-corrected chi connectivity index (χ0v) is 11.3. The summed E-state index contributed by atoms with van der Waals surface area (Å²) < 4.78 is 0. The number of carbonyl (C=O) groups excluding carboxylic acids is 1. The molecule has 0 saturated carbocycles. The van der Waals surface area contributed by atoms with Crippen molar-refractivity contribution in [3.8, 4) is 16.2 Å². The average Bonchev–Trinajstić information content (AvgIpc) is 2.63. The van der Waals surface area contributed by atoms with Crippen molar-refractivity contribution in [2.45, 2.75) is 20.8 Å². The summed E-state index contributed by atoms with van der Waals surface area (Å²) in [7, 11) is 0. The first-order valence-electron chi connectivity index (χ1n) is 5.47. The predicted octanol–water partition coefficient (Wildman–Crippen LogP) is 2.54. The van der Waals surface area contributed by atoms with E-state index in [0.717, 1.165) is 10.4 Å². The number of aryl methyl sites for hydroxylation is 3. The highest BCUT2D eigenvalue weighted by atomic mass is 32.1. The third kappa shape index (κ3) is 1.97. The predicted molar refractivity (Wildman–Crippen MR) is 71.9 cm³/mol. The number of hydrogen-bond donors (Lipinski definition) is 2. The van der Waals surface area contributed by atoms with Crippen molar-refractivity contribution >= 4 is 17.2 Å². The van der Waals surface area contributed by atoms with Crippen LogP contribution >= 0.6 is 11.3 Å². The van der Waals surface area contributed by atoms with Gasteiger partial charge in [0.1, 0.15) is 11.3 Å². The van der Waals surface area contributed by atoms with Crippen LogP contribution < -0.4 is 5.73 Å². The largest absolute Gasteiger partial charge is 0.506 e. The van der Waals surface area contributed by atoms with Crippen molar-refractivity contribution < 1.29 is 9.90 Å². The maximum absolute atomic E-state index is 11.4. The van der Waals surface area contributed by atoms with Gasteiger partial charge in [-0.1, -0.05) is 0 Å². The standard InChI is InChI=1S/C13H14N2O2S/c1-6-4-9(18-5-6)10-7(2)15-8(3)11(12(10)16)13(14)17/h4-5H,1-3H3,(H2,14,17)(H,15,16). The molecule has 0 aliphatic rings. The van der Waals surface area contributed by atoms with Gasteiger partial charge in [-0.05, 0) is 37.8 Å². The molecule has 0 aliphatic carbocycles. The fourth-order valence-electron chi connectivity index (χ4n) is 1.98. The molecule has 0 bridgehead atoms. The molecule has 0 fully saturated rings. The molecule has 0 radical (unpaired) electrons. The highest BCUT2D eigenvalue weighted by Gasteiger charge is 2.20. The number of aromatic nitrogens is 1. The molecule has 2 aromatic heterocycles. The number of rotatable bonds is 2. The zero-order valence-electron chi connectivity index (χ0n) is 10.4. The minimum absolute atomic E-state index is 0.0747. The number of primary amides is 1. The zero-order chi connectivity index (χ0) is 13.4. The van der Waals surface area contributed by atoms with Crippen LogP contribution in [0.3, 0.4) is 0 Å². The van der Waals surface area contributed by atoms with Crippen LogP contribution in [-0.4, -0.2) is 16.0 Å². The van der Waals surface area contributed by atoms with Crippen molar-refractivity contribution in [3.63, 3.8) is 0 Å². The second-order valence-electron chi connectivity index (χ2n) is 4.23.